The number of anilines is 2. The van der Waals surface area contributed by atoms with Crippen LogP contribution in [0.3, 0.4) is 0 Å². The molecule has 11 heteroatoms. The van der Waals surface area contributed by atoms with Gasteiger partial charge in [-0.15, -0.1) is 0 Å². The Labute approximate surface area is 232 Å². The molecule has 0 unspecified atom stereocenters. The Kier molecular flexibility index (Phi) is 7.18. The van der Waals surface area contributed by atoms with Gasteiger partial charge in [0, 0.05) is 35.6 Å². The van der Waals surface area contributed by atoms with Crippen LogP contribution in [0.2, 0.25) is 10.0 Å². The SMILES string of the molecule is C#[N+][C@]1(C2CN(c3ncc(F)c(N[C@H](C)c4ccc(Cl)cc4Cl)n3)C2)CCCN(C2CC(C)(C(=O)O)C2)C1. The smallest absolute Gasteiger partial charge is 0.309 e. The van der Waals surface area contributed by atoms with E-state index in [0.29, 0.717) is 41.9 Å². The van der Waals surface area contributed by atoms with Crippen LogP contribution in [0.1, 0.15) is 51.1 Å². The topological polar surface area (TPSA) is 86.0 Å². The van der Waals surface area contributed by atoms with Gasteiger partial charge in [0.25, 0.3) is 12.1 Å². The molecule has 8 nitrogen and oxygen atoms in total. The summed E-state index contributed by atoms with van der Waals surface area (Å²) >= 11 is 12.3. The highest BCUT2D eigenvalue weighted by atomic mass is 35.5. The Bertz CT molecular complexity index is 1280. The summed E-state index contributed by atoms with van der Waals surface area (Å²) in [5.74, 6) is -0.527. The lowest BCUT2D eigenvalue weighted by atomic mass is 9.65. The molecule has 1 aromatic heterocycles. The van der Waals surface area contributed by atoms with Crippen LogP contribution in [0, 0.1) is 23.7 Å². The van der Waals surface area contributed by atoms with Crippen LogP contribution in [0.15, 0.2) is 24.4 Å². The summed E-state index contributed by atoms with van der Waals surface area (Å²) in [6.07, 6.45) is 4.33. The second-order valence-electron chi connectivity index (χ2n) is 11.2. The third kappa shape index (κ3) is 4.90. The summed E-state index contributed by atoms with van der Waals surface area (Å²) in [6.45, 7) is 12.7. The van der Waals surface area contributed by atoms with Crippen molar-refractivity contribution in [3.8, 4) is 6.57 Å². The first-order valence-corrected chi connectivity index (χ1v) is 13.7. The highest BCUT2D eigenvalue weighted by Crippen LogP contribution is 2.47. The summed E-state index contributed by atoms with van der Waals surface area (Å²) < 4.78 is 14.6. The number of carboxylic acid groups (broad SMARTS) is 1. The first kappa shape index (κ1) is 26.9. The Balaban J connectivity index is 1.23. The molecule has 2 atom stereocenters. The third-order valence-corrected chi connectivity index (χ3v) is 9.19. The molecule has 2 N–H and O–H groups in total. The second-order valence-corrected chi connectivity index (χ2v) is 12.1. The van der Waals surface area contributed by atoms with Gasteiger partial charge < -0.3 is 15.3 Å². The molecule has 3 fully saturated rings. The molecule has 1 aromatic carbocycles. The Hall–Kier alpha value is -2.67. The largest absolute Gasteiger partial charge is 0.481 e. The zero-order chi connectivity index (χ0) is 27.2. The van der Waals surface area contributed by atoms with Crippen molar-refractivity contribution in [3.63, 3.8) is 0 Å². The number of carbonyl (C=O) groups is 1. The Morgan fingerprint density at radius 1 is 1.34 bits per heavy atom. The number of aliphatic carboxylic acids is 1. The van der Waals surface area contributed by atoms with E-state index in [1.807, 2.05) is 18.7 Å². The van der Waals surface area contributed by atoms with Crippen LogP contribution in [0.5, 0.6) is 0 Å². The van der Waals surface area contributed by atoms with E-state index in [-0.39, 0.29) is 23.8 Å². The quantitative estimate of drug-likeness (QED) is 0.456. The monoisotopic (exact) mass is 561 g/mol. The van der Waals surface area contributed by atoms with E-state index in [4.69, 9.17) is 29.8 Å². The Morgan fingerprint density at radius 3 is 2.74 bits per heavy atom. The van der Waals surface area contributed by atoms with E-state index in [1.165, 1.54) is 6.20 Å². The number of rotatable bonds is 7. The zero-order valence-electron chi connectivity index (χ0n) is 21.5. The standard InChI is InChI=1S/C27H31Cl2FN6O2/c1-16(20-6-5-18(28)9-21(20)29)33-23-22(30)12-32-25(34-23)36-13-17(14-36)27(31-3)7-4-8-35(15-27)19-10-26(2,11-19)24(37)38/h3,5-6,9,12,16-17,19H,4,7-8,10-11,13-15H2,1-2H3,(H-,32,33,34,37,38)/p+1/t16-,19?,26?,27-/m1/s1. The molecule has 0 radical (unpaired) electrons. The van der Waals surface area contributed by atoms with Gasteiger partial charge in [0.05, 0.1) is 30.1 Å². The fourth-order valence-corrected chi connectivity index (χ4v) is 6.67. The number of hydrogen-bond acceptors (Lipinski definition) is 6. The third-order valence-electron chi connectivity index (χ3n) is 8.63. The molecule has 3 heterocycles. The van der Waals surface area contributed by atoms with E-state index in [9.17, 15) is 14.3 Å². The van der Waals surface area contributed by atoms with Crippen molar-refractivity contribution in [2.75, 3.05) is 36.4 Å². The first-order chi connectivity index (χ1) is 18.0. The molecule has 202 valence electrons. The van der Waals surface area contributed by atoms with Gasteiger partial charge in [0.15, 0.2) is 11.6 Å². The molecular formula is C27H32Cl2FN6O2+. The van der Waals surface area contributed by atoms with Crippen molar-refractivity contribution >= 4 is 40.9 Å². The van der Waals surface area contributed by atoms with Gasteiger partial charge in [-0.05, 0) is 57.4 Å². The zero-order valence-corrected chi connectivity index (χ0v) is 23.0. The molecule has 3 aliphatic rings. The first-order valence-electron chi connectivity index (χ1n) is 12.9. The van der Waals surface area contributed by atoms with Crippen LogP contribution in [0.25, 0.3) is 4.85 Å². The van der Waals surface area contributed by atoms with Crippen molar-refractivity contribution in [2.24, 2.45) is 11.3 Å². The van der Waals surface area contributed by atoms with Gasteiger partial charge in [-0.2, -0.15) is 4.98 Å². The lowest BCUT2D eigenvalue weighted by molar-refractivity contribution is -0.158. The molecule has 0 bridgehead atoms. The van der Waals surface area contributed by atoms with Gasteiger partial charge in [-0.25, -0.2) is 9.37 Å². The summed E-state index contributed by atoms with van der Waals surface area (Å²) in [7, 11) is 0. The number of hydrogen-bond donors (Lipinski definition) is 2. The number of piperidine rings is 1. The van der Waals surface area contributed by atoms with E-state index in [0.717, 1.165) is 31.5 Å². The van der Waals surface area contributed by atoms with E-state index >= 15 is 0 Å². The molecule has 1 aliphatic carbocycles. The van der Waals surface area contributed by atoms with Gasteiger partial charge in [-0.3, -0.25) is 9.69 Å². The number of aromatic nitrogens is 2. The van der Waals surface area contributed by atoms with Crippen molar-refractivity contribution in [3.05, 3.63) is 50.7 Å². The molecule has 2 aliphatic heterocycles. The fourth-order valence-electron chi connectivity index (χ4n) is 6.10. The molecule has 2 aromatic rings. The number of nitrogens with one attached hydrogen (secondary N) is 1. The number of nitrogens with zero attached hydrogens (tertiary/aromatic N) is 5. The Morgan fingerprint density at radius 2 is 2.08 bits per heavy atom. The minimum absolute atomic E-state index is 0.102. The average Bonchev–Trinajstić information content (AvgIpc) is 2.83. The maximum Gasteiger partial charge on any atom is 0.309 e. The molecule has 5 rings (SSSR count). The lowest BCUT2D eigenvalue weighted by Crippen LogP contribution is -2.65. The maximum absolute atomic E-state index is 14.6. The number of likely N-dealkylation sites (tertiary alicyclic amines) is 1. The van der Waals surface area contributed by atoms with Gasteiger partial charge >= 0.3 is 5.97 Å². The van der Waals surface area contributed by atoms with Crippen molar-refractivity contribution < 1.29 is 14.3 Å². The van der Waals surface area contributed by atoms with Crippen LogP contribution in [-0.2, 0) is 4.79 Å². The molecular weight excluding hydrogens is 530 g/mol. The van der Waals surface area contributed by atoms with Gasteiger partial charge in [0.2, 0.25) is 5.95 Å². The lowest BCUT2D eigenvalue weighted by Gasteiger charge is -2.51. The highest BCUT2D eigenvalue weighted by molar-refractivity contribution is 6.35. The molecule has 1 saturated carbocycles. The number of benzene rings is 1. The minimum Gasteiger partial charge on any atom is -0.481 e. The number of halogens is 3. The van der Waals surface area contributed by atoms with Gasteiger partial charge in [0.1, 0.15) is 0 Å². The predicted octanol–water partition coefficient (Wildman–Crippen LogP) is 5.58. The van der Waals surface area contributed by atoms with E-state index < -0.39 is 22.7 Å². The van der Waals surface area contributed by atoms with Crippen LogP contribution < -0.4 is 10.2 Å². The normalized spacial score (nSPS) is 28.6. The van der Waals surface area contributed by atoms with Crippen LogP contribution >= 0.6 is 23.2 Å². The molecule has 38 heavy (non-hydrogen) atoms. The van der Waals surface area contributed by atoms with Crippen molar-refractivity contribution in [2.45, 2.75) is 57.2 Å². The van der Waals surface area contributed by atoms with Crippen molar-refractivity contribution in [1.82, 2.24) is 14.9 Å². The van der Waals surface area contributed by atoms with E-state index in [1.54, 1.807) is 18.2 Å². The minimum atomic E-state index is -0.728. The average molecular weight is 562 g/mol. The summed E-state index contributed by atoms with van der Waals surface area (Å²) in [4.78, 5) is 29.0. The summed E-state index contributed by atoms with van der Waals surface area (Å²) in [5, 5.41) is 13.6. The van der Waals surface area contributed by atoms with Crippen molar-refractivity contribution in [1.29, 1.82) is 0 Å². The van der Waals surface area contributed by atoms with E-state index in [2.05, 4.69) is 25.0 Å². The molecule has 0 spiro atoms. The summed E-state index contributed by atoms with van der Waals surface area (Å²) in [6, 6.07) is 5.14. The second kappa shape index (κ2) is 10.1. The predicted molar refractivity (Wildman–Crippen MR) is 147 cm³/mol. The fraction of sp³-hybridized carbons (Fsp3) is 0.556. The molecule has 0 amide bonds. The highest BCUT2D eigenvalue weighted by Gasteiger charge is 2.59. The van der Waals surface area contributed by atoms with Crippen LogP contribution in [0.4, 0.5) is 16.2 Å². The van der Waals surface area contributed by atoms with Crippen LogP contribution in [-0.4, -0.2) is 63.7 Å². The number of carboxylic acids is 1. The van der Waals surface area contributed by atoms with Gasteiger partial charge in [-0.1, -0.05) is 34.1 Å². The summed E-state index contributed by atoms with van der Waals surface area (Å²) in [5.41, 5.74) is -0.256. The molecule has 2 saturated heterocycles. The maximum atomic E-state index is 14.6.